The Morgan fingerprint density at radius 1 is 1.13 bits per heavy atom. The van der Waals surface area contributed by atoms with E-state index in [0.29, 0.717) is 40.5 Å². The molecule has 0 saturated carbocycles. The zero-order valence-corrected chi connectivity index (χ0v) is 21.3. The standard InChI is InChI=1S/C28H25F4N3O4/c1-15-20-11-21-23(39-26(25(21)27(37)33-2)16-4-6-18(29)7-5-16)12-22(20)34(3)13-19(38-15)14-35-9-8-17(10-24(35)36)28(30,31)32/h4-12,15,19H,13-14H2,1-3H3,(H,33,37)/t15-,19-/m0/s1. The molecular formula is C28H25F4N3O4. The number of alkyl halides is 3. The van der Waals surface area contributed by atoms with E-state index in [4.69, 9.17) is 9.15 Å². The van der Waals surface area contributed by atoms with Gasteiger partial charge in [-0.2, -0.15) is 13.2 Å². The molecule has 0 bridgehead atoms. The summed E-state index contributed by atoms with van der Waals surface area (Å²) in [6.07, 6.45) is -4.48. The molecular weight excluding hydrogens is 518 g/mol. The average molecular weight is 544 g/mol. The minimum Gasteiger partial charge on any atom is -0.455 e. The minimum absolute atomic E-state index is 0.0496. The van der Waals surface area contributed by atoms with Gasteiger partial charge in [-0.1, -0.05) is 0 Å². The Kier molecular flexibility index (Phi) is 6.71. The van der Waals surface area contributed by atoms with Crippen molar-refractivity contribution in [3.8, 4) is 11.3 Å². The third kappa shape index (κ3) is 5.01. The molecule has 0 aliphatic carbocycles. The molecule has 0 spiro atoms. The Morgan fingerprint density at radius 2 is 1.85 bits per heavy atom. The van der Waals surface area contributed by atoms with Gasteiger partial charge in [0.1, 0.15) is 17.2 Å². The molecule has 39 heavy (non-hydrogen) atoms. The predicted molar refractivity (Wildman–Crippen MR) is 137 cm³/mol. The molecule has 204 valence electrons. The van der Waals surface area contributed by atoms with Crippen molar-refractivity contribution >= 4 is 22.6 Å². The summed E-state index contributed by atoms with van der Waals surface area (Å²) in [6, 6.07) is 10.7. The lowest BCUT2D eigenvalue weighted by atomic mass is 10.00. The van der Waals surface area contributed by atoms with Gasteiger partial charge in [0.25, 0.3) is 11.5 Å². The highest BCUT2D eigenvalue weighted by atomic mass is 19.4. The molecule has 11 heteroatoms. The Balaban J connectivity index is 1.51. The fourth-order valence-corrected chi connectivity index (χ4v) is 4.92. The summed E-state index contributed by atoms with van der Waals surface area (Å²) >= 11 is 0. The second-order valence-electron chi connectivity index (χ2n) is 9.48. The Hall–Kier alpha value is -4.12. The van der Waals surface area contributed by atoms with Crippen molar-refractivity contribution in [2.24, 2.45) is 0 Å². The molecule has 3 heterocycles. The number of hydrogen-bond acceptors (Lipinski definition) is 5. The number of pyridine rings is 1. The molecule has 1 aliphatic heterocycles. The van der Waals surface area contributed by atoms with Crippen LogP contribution in [0.15, 0.2) is 63.9 Å². The number of nitrogens with one attached hydrogen (secondary N) is 1. The van der Waals surface area contributed by atoms with Gasteiger partial charge in [-0.05, 0) is 43.3 Å². The summed E-state index contributed by atoms with van der Waals surface area (Å²) < 4.78 is 66.0. The van der Waals surface area contributed by atoms with E-state index in [1.807, 2.05) is 24.9 Å². The van der Waals surface area contributed by atoms with E-state index in [-0.39, 0.29) is 12.5 Å². The molecule has 0 fully saturated rings. The van der Waals surface area contributed by atoms with Crippen LogP contribution < -0.4 is 15.8 Å². The number of nitrogens with zero attached hydrogens (tertiary/aromatic N) is 2. The number of amides is 1. The molecule has 0 radical (unpaired) electrons. The number of aromatic nitrogens is 1. The van der Waals surface area contributed by atoms with Crippen LogP contribution in [0, 0.1) is 5.82 Å². The number of benzene rings is 2. The van der Waals surface area contributed by atoms with Gasteiger partial charge in [0.15, 0.2) is 0 Å². The number of fused-ring (bicyclic) bond motifs is 2. The summed E-state index contributed by atoms with van der Waals surface area (Å²) in [6.45, 7) is 2.21. The van der Waals surface area contributed by atoms with Crippen LogP contribution in [0.25, 0.3) is 22.3 Å². The second kappa shape index (κ2) is 9.88. The summed E-state index contributed by atoms with van der Waals surface area (Å²) in [5.74, 6) is -0.479. The van der Waals surface area contributed by atoms with E-state index in [2.05, 4.69) is 5.32 Å². The number of halogens is 4. The molecule has 4 aromatic rings. The molecule has 7 nitrogen and oxygen atoms in total. The minimum atomic E-state index is -4.60. The van der Waals surface area contributed by atoms with E-state index in [9.17, 15) is 27.2 Å². The van der Waals surface area contributed by atoms with Gasteiger partial charge in [-0.3, -0.25) is 9.59 Å². The van der Waals surface area contributed by atoms with Crippen molar-refractivity contribution in [3.05, 3.63) is 87.6 Å². The first-order valence-electron chi connectivity index (χ1n) is 12.2. The molecule has 5 rings (SSSR count). The maximum Gasteiger partial charge on any atom is 0.416 e. The van der Waals surface area contributed by atoms with Crippen LogP contribution in [-0.4, -0.2) is 37.2 Å². The third-order valence-corrected chi connectivity index (χ3v) is 6.84. The zero-order valence-electron chi connectivity index (χ0n) is 21.3. The molecule has 2 aromatic carbocycles. The molecule has 1 amide bonds. The Labute approximate surface area is 220 Å². The maximum absolute atomic E-state index is 13.5. The first-order chi connectivity index (χ1) is 18.5. The number of rotatable bonds is 4. The van der Waals surface area contributed by atoms with E-state index >= 15 is 0 Å². The fourth-order valence-electron chi connectivity index (χ4n) is 4.92. The first-order valence-corrected chi connectivity index (χ1v) is 12.2. The van der Waals surface area contributed by atoms with Crippen molar-refractivity contribution < 1.29 is 31.5 Å². The molecule has 0 unspecified atom stereocenters. The van der Waals surface area contributed by atoms with Gasteiger partial charge in [0, 0.05) is 61.2 Å². The first kappa shape index (κ1) is 26.5. The van der Waals surface area contributed by atoms with Crippen molar-refractivity contribution in [2.45, 2.75) is 31.9 Å². The number of hydrogen-bond donors (Lipinski definition) is 1. The average Bonchev–Trinajstić information content (AvgIpc) is 3.21. The highest BCUT2D eigenvalue weighted by Crippen LogP contribution is 2.41. The zero-order chi connectivity index (χ0) is 28.1. The summed E-state index contributed by atoms with van der Waals surface area (Å²) in [4.78, 5) is 27.2. The summed E-state index contributed by atoms with van der Waals surface area (Å²) in [5, 5.41) is 3.18. The molecule has 1 aliphatic rings. The number of carbonyl (C=O) groups is 1. The van der Waals surface area contributed by atoms with Gasteiger partial charge < -0.3 is 23.9 Å². The monoisotopic (exact) mass is 543 g/mol. The topological polar surface area (TPSA) is 76.7 Å². The SMILES string of the molecule is CNC(=O)c1c(-c2ccc(F)cc2)oc2cc3c(cc12)[C@H](C)O[C@H](Cn1ccc(C(F)(F)F)cc1=O)CN3C. The van der Waals surface area contributed by atoms with Crippen molar-refractivity contribution in [1.29, 1.82) is 0 Å². The van der Waals surface area contributed by atoms with Crippen molar-refractivity contribution in [2.75, 3.05) is 25.5 Å². The van der Waals surface area contributed by atoms with Crippen LogP contribution in [0.2, 0.25) is 0 Å². The summed E-state index contributed by atoms with van der Waals surface area (Å²) in [7, 11) is 3.34. The van der Waals surface area contributed by atoms with Gasteiger partial charge in [-0.15, -0.1) is 0 Å². The van der Waals surface area contributed by atoms with Gasteiger partial charge in [0.05, 0.1) is 29.9 Å². The van der Waals surface area contributed by atoms with Gasteiger partial charge in [0.2, 0.25) is 0 Å². The number of anilines is 1. The van der Waals surface area contributed by atoms with E-state index < -0.39 is 35.3 Å². The van der Waals surface area contributed by atoms with Crippen LogP contribution in [0.4, 0.5) is 23.2 Å². The molecule has 2 atom stereocenters. The molecule has 0 saturated heterocycles. The fraction of sp³-hybridized carbons (Fsp3) is 0.286. The van der Waals surface area contributed by atoms with E-state index in [0.717, 1.165) is 23.5 Å². The van der Waals surface area contributed by atoms with Crippen molar-refractivity contribution in [1.82, 2.24) is 9.88 Å². The molecule has 2 aromatic heterocycles. The number of ether oxygens (including phenoxy) is 1. The van der Waals surface area contributed by atoms with Crippen LogP contribution >= 0.6 is 0 Å². The van der Waals surface area contributed by atoms with Crippen LogP contribution in [0.3, 0.4) is 0 Å². The van der Waals surface area contributed by atoms with Crippen LogP contribution in [0.1, 0.15) is 34.5 Å². The highest BCUT2D eigenvalue weighted by molar-refractivity contribution is 6.11. The van der Waals surface area contributed by atoms with E-state index in [1.165, 1.54) is 35.9 Å². The van der Waals surface area contributed by atoms with Gasteiger partial charge in [-0.25, -0.2) is 4.39 Å². The lowest BCUT2D eigenvalue weighted by molar-refractivity contribution is -0.137. The predicted octanol–water partition coefficient (Wildman–Crippen LogP) is 5.38. The number of likely N-dealkylation sites (N-methyl/N-ethyl adjacent to an activating group) is 1. The highest BCUT2D eigenvalue weighted by Gasteiger charge is 2.32. The lowest BCUT2D eigenvalue weighted by Crippen LogP contribution is -2.35. The quantitative estimate of drug-likeness (QED) is 0.350. The normalized spacial score (nSPS) is 17.7. The maximum atomic E-state index is 13.5. The number of carbonyl (C=O) groups excluding carboxylic acids is 1. The largest absolute Gasteiger partial charge is 0.455 e. The van der Waals surface area contributed by atoms with Crippen LogP contribution in [0.5, 0.6) is 0 Å². The molecule has 1 N–H and O–H groups in total. The second-order valence-corrected chi connectivity index (χ2v) is 9.48. The van der Waals surface area contributed by atoms with Gasteiger partial charge >= 0.3 is 6.18 Å². The Morgan fingerprint density at radius 3 is 2.49 bits per heavy atom. The van der Waals surface area contributed by atoms with Crippen molar-refractivity contribution in [3.63, 3.8) is 0 Å². The van der Waals surface area contributed by atoms with Crippen LogP contribution in [-0.2, 0) is 17.5 Å². The third-order valence-electron chi connectivity index (χ3n) is 6.84. The smallest absolute Gasteiger partial charge is 0.416 e. The summed E-state index contributed by atoms with van der Waals surface area (Å²) in [5.41, 5.74) is 1.06. The lowest BCUT2D eigenvalue weighted by Gasteiger charge is -2.23. The Bertz CT molecular complexity index is 1610. The van der Waals surface area contributed by atoms with E-state index in [1.54, 1.807) is 6.07 Å². The number of furan rings is 1.